The van der Waals surface area contributed by atoms with E-state index in [2.05, 4.69) is 16.0 Å². The Labute approximate surface area is 122 Å². The van der Waals surface area contributed by atoms with Crippen molar-refractivity contribution in [2.45, 2.75) is 31.7 Å². The van der Waals surface area contributed by atoms with Crippen molar-refractivity contribution in [2.24, 2.45) is 0 Å². The second-order valence-corrected chi connectivity index (χ2v) is 5.61. The number of benzene rings is 1. The monoisotopic (exact) mass is 293 g/mol. The molecule has 0 bridgehead atoms. The average molecular weight is 294 g/mol. The zero-order valence-electron chi connectivity index (χ0n) is 11.0. The number of amides is 2. The Kier molecular flexibility index (Phi) is 3.63. The predicted molar refractivity (Wildman–Crippen MR) is 78.1 cm³/mol. The number of fused-ring (bicyclic) bond motifs is 1. The molecule has 0 radical (unpaired) electrons. The molecule has 106 valence electrons. The molecule has 20 heavy (non-hydrogen) atoms. The van der Waals surface area contributed by atoms with Crippen LogP contribution in [0.5, 0.6) is 0 Å². The maximum Gasteiger partial charge on any atom is 0.241 e. The van der Waals surface area contributed by atoms with Crippen LogP contribution < -0.4 is 16.0 Å². The molecule has 0 saturated carbocycles. The maximum atomic E-state index is 12.2. The first-order valence-corrected chi connectivity index (χ1v) is 7.18. The topological polar surface area (TPSA) is 70.2 Å². The van der Waals surface area contributed by atoms with Gasteiger partial charge in [-0.05, 0) is 37.1 Å². The zero-order valence-corrected chi connectivity index (χ0v) is 11.7. The van der Waals surface area contributed by atoms with Crippen LogP contribution in [0.15, 0.2) is 12.1 Å². The highest BCUT2D eigenvalue weighted by molar-refractivity contribution is 6.34. The SMILES string of the molecule is O=C1Cc2cc(NC(=O)[C@H]3CCCCN3)c(Cl)cc2N1. The molecule has 1 saturated heterocycles. The van der Waals surface area contributed by atoms with Gasteiger partial charge in [0.1, 0.15) is 0 Å². The number of hydrogen-bond acceptors (Lipinski definition) is 3. The maximum absolute atomic E-state index is 12.2. The van der Waals surface area contributed by atoms with Crippen molar-refractivity contribution < 1.29 is 9.59 Å². The highest BCUT2D eigenvalue weighted by Crippen LogP contribution is 2.33. The van der Waals surface area contributed by atoms with E-state index >= 15 is 0 Å². The summed E-state index contributed by atoms with van der Waals surface area (Å²) in [7, 11) is 0. The average Bonchev–Trinajstić information content (AvgIpc) is 2.79. The molecule has 1 atom stereocenters. The summed E-state index contributed by atoms with van der Waals surface area (Å²) in [6.45, 7) is 0.869. The summed E-state index contributed by atoms with van der Waals surface area (Å²) < 4.78 is 0. The van der Waals surface area contributed by atoms with Crippen molar-refractivity contribution in [3.8, 4) is 0 Å². The number of rotatable bonds is 2. The molecule has 1 aromatic rings. The van der Waals surface area contributed by atoms with Crippen LogP contribution in [0, 0.1) is 0 Å². The number of carbonyl (C=O) groups excluding carboxylic acids is 2. The molecule has 0 aliphatic carbocycles. The van der Waals surface area contributed by atoms with E-state index in [4.69, 9.17) is 11.6 Å². The van der Waals surface area contributed by atoms with E-state index in [0.29, 0.717) is 17.1 Å². The Hall–Kier alpha value is -1.59. The summed E-state index contributed by atoms with van der Waals surface area (Å²) in [4.78, 5) is 23.5. The summed E-state index contributed by atoms with van der Waals surface area (Å²) in [5.74, 6) is -0.114. The molecule has 5 nitrogen and oxygen atoms in total. The van der Waals surface area contributed by atoms with Crippen LogP contribution in [0.4, 0.5) is 11.4 Å². The number of nitrogens with one attached hydrogen (secondary N) is 3. The third-order valence-electron chi connectivity index (χ3n) is 3.70. The van der Waals surface area contributed by atoms with Gasteiger partial charge in [-0.2, -0.15) is 0 Å². The minimum atomic E-state index is -0.159. The van der Waals surface area contributed by atoms with Gasteiger partial charge in [0.25, 0.3) is 0 Å². The molecule has 0 aromatic heterocycles. The third kappa shape index (κ3) is 2.64. The quantitative estimate of drug-likeness (QED) is 0.780. The standard InChI is InChI=1S/C14H16ClN3O2/c15-9-7-11-8(6-13(19)17-11)5-12(9)18-14(20)10-3-1-2-4-16-10/h5,7,10,16H,1-4,6H2,(H,17,19)(H,18,20)/t10-/m1/s1. The summed E-state index contributed by atoms with van der Waals surface area (Å²) >= 11 is 6.15. The Bertz CT molecular complexity index is 568. The molecule has 6 heteroatoms. The van der Waals surface area contributed by atoms with Gasteiger partial charge in [-0.25, -0.2) is 0 Å². The molecular weight excluding hydrogens is 278 g/mol. The summed E-state index contributed by atoms with van der Waals surface area (Å²) in [6.07, 6.45) is 3.34. The van der Waals surface area contributed by atoms with Crippen LogP contribution in [0.25, 0.3) is 0 Å². The van der Waals surface area contributed by atoms with Crippen molar-refractivity contribution in [3.63, 3.8) is 0 Å². The second-order valence-electron chi connectivity index (χ2n) is 5.21. The summed E-state index contributed by atoms with van der Waals surface area (Å²) in [5.41, 5.74) is 2.17. The van der Waals surface area contributed by atoms with Crippen molar-refractivity contribution >= 4 is 34.8 Å². The Morgan fingerprint density at radius 1 is 1.35 bits per heavy atom. The van der Waals surface area contributed by atoms with Crippen molar-refractivity contribution in [2.75, 3.05) is 17.2 Å². The van der Waals surface area contributed by atoms with E-state index in [9.17, 15) is 9.59 Å². The largest absolute Gasteiger partial charge is 0.325 e. The number of anilines is 2. The van der Waals surface area contributed by atoms with Gasteiger partial charge in [-0.3, -0.25) is 9.59 Å². The summed E-state index contributed by atoms with van der Waals surface area (Å²) in [6, 6.07) is 3.30. The lowest BCUT2D eigenvalue weighted by Gasteiger charge is -2.22. The van der Waals surface area contributed by atoms with Crippen LogP contribution in [0.2, 0.25) is 5.02 Å². The normalized spacial score (nSPS) is 21.2. The fraction of sp³-hybridized carbons (Fsp3) is 0.429. The van der Waals surface area contributed by atoms with E-state index in [1.807, 2.05) is 0 Å². The lowest BCUT2D eigenvalue weighted by Crippen LogP contribution is -2.43. The van der Waals surface area contributed by atoms with Gasteiger partial charge in [0.15, 0.2) is 0 Å². The fourth-order valence-electron chi connectivity index (χ4n) is 2.64. The van der Waals surface area contributed by atoms with Gasteiger partial charge in [-0.1, -0.05) is 18.0 Å². The Balaban J connectivity index is 1.76. The molecular formula is C14H16ClN3O2. The predicted octanol–water partition coefficient (Wildman–Crippen LogP) is 1.92. The lowest BCUT2D eigenvalue weighted by atomic mass is 10.0. The first-order valence-electron chi connectivity index (χ1n) is 6.80. The minimum absolute atomic E-state index is 0.0477. The zero-order chi connectivity index (χ0) is 14.1. The van der Waals surface area contributed by atoms with Gasteiger partial charge < -0.3 is 16.0 Å². The van der Waals surface area contributed by atoms with Crippen molar-refractivity contribution in [1.29, 1.82) is 0 Å². The van der Waals surface area contributed by atoms with E-state index in [1.54, 1.807) is 12.1 Å². The molecule has 2 heterocycles. The van der Waals surface area contributed by atoms with Crippen molar-refractivity contribution in [3.05, 3.63) is 22.7 Å². The van der Waals surface area contributed by atoms with Crippen LogP contribution in [0.1, 0.15) is 24.8 Å². The highest BCUT2D eigenvalue weighted by atomic mass is 35.5. The van der Waals surface area contributed by atoms with E-state index < -0.39 is 0 Å². The van der Waals surface area contributed by atoms with E-state index in [-0.39, 0.29) is 17.9 Å². The van der Waals surface area contributed by atoms with Crippen LogP contribution in [0.3, 0.4) is 0 Å². The molecule has 2 aliphatic rings. The minimum Gasteiger partial charge on any atom is -0.325 e. The van der Waals surface area contributed by atoms with Gasteiger partial charge in [0.2, 0.25) is 11.8 Å². The first kappa shape index (κ1) is 13.4. The first-order chi connectivity index (χ1) is 9.63. The number of halogens is 1. The Morgan fingerprint density at radius 3 is 2.95 bits per heavy atom. The second kappa shape index (κ2) is 5.42. The molecule has 1 aromatic carbocycles. The van der Waals surface area contributed by atoms with Gasteiger partial charge in [0, 0.05) is 5.69 Å². The highest BCUT2D eigenvalue weighted by Gasteiger charge is 2.23. The third-order valence-corrected chi connectivity index (χ3v) is 4.02. The van der Waals surface area contributed by atoms with Crippen LogP contribution >= 0.6 is 11.6 Å². The van der Waals surface area contributed by atoms with Gasteiger partial charge in [-0.15, -0.1) is 0 Å². The molecule has 1 fully saturated rings. The smallest absolute Gasteiger partial charge is 0.241 e. The fourth-order valence-corrected chi connectivity index (χ4v) is 2.85. The molecule has 3 N–H and O–H groups in total. The summed E-state index contributed by atoms with van der Waals surface area (Å²) in [5, 5.41) is 9.22. The lowest BCUT2D eigenvalue weighted by molar-refractivity contribution is -0.118. The number of piperidine rings is 1. The molecule has 2 amide bonds. The van der Waals surface area contributed by atoms with Gasteiger partial charge >= 0.3 is 0 Å². The Morgan fingerprint density at radius 2 is 2.20 bits per heavy atom. The van der Waals surface area contributed by atoms with Crippen molar-refractivity contribution in [1.82, 2.24) is 5.32 Å². The van der Waals surface area contributed by atoms with E-state index in [0.717, 1.165) is 37.1 Å². The molecule has 2 aliphatic heterocycles. The molecule has 3 rings (SSSR count). The number of hydrogen-bond donors (Lipinski definition) is 3. The van der Waals surface area contributed by atoms with Crippen LogP contribution in [-0.2, 0) is 16.0 Å². The molecule has 0 spiro atoms. The molecule has 0 unspecified atom stereocenters. The van der Waals surface area contributed by atoms with Crippen LogP contribution in [-0.4, -0.2) is 24.4 Å². The van der Waals surface area contributed by atoms with E-state index in [1.165, 1.54) is 0 Å². The van der Waals surface area contributed by atoms with Gasteiger partial charge in [0.05, 0.1) is 23.2 Å². The number of carbonyl (C=O) groups is 2.